The quantitative estimate of drug-likeness (QED) is 0.796. The predicted octanol–water partition coefficient (Wildman–Crippen LogP) is 2.09. The van der Waals surface area contributed by atoms with E-state index in [0.717, 1.165) is 24.2 Å². The first-order valence-electron chi connectivity index (χ1n) is 7.33. The number of carboxylic acid groups (broad SMARTS) is 1. The number of aryl methyl sites for hydroxylation is 1. The van der Waals surface area contributed by atoms with E-state index in [-0.39, 0.29) is 18.5 Å². The SMILES string of the molecule is CCOc1ccccc1CCC(=O)N(CC(=O)O)C1CC1. The van der Waals surface area contributed by atoms with Gasteiger partial charge in [0.15, 0.2) is 0 Å². The molecule has 0 heterocycles. The van der Waals surface area contributed by atoms with Crippen LogP contribution in [0.4, 0.5) is 0 Å². The number of carbonyl (C=O) groups excluding carboxylic acids is 1. The summed E-state index contributed by atoms with van der Waals surface area (Å²) in [6, 6.07) is 7.77. The van der Waals surface area contributed by atoms with Crippen molar-refractivity contribution in [2.45, 2.75) is 38.6 Å². The molecule has 21 heavy (non-hydrogen) atoms. The third kappa shape index (κ3) is 4.48. The van der Waals surface area contributed by atoms with Crippen LogP contribution >= 0.6 is 0 Å². The Bertz CT molecular complexity index is 511. The standard InChI is InChI=1S/C16H21NO4/c1-2-21-14-6-4-3-5-12(14)7-10-15(18)17(11-16(19)20)13-8-9-13/h3-6,13H,2,7-11H2,1H3,(H,19,20). The van der Waals surface area contributed by atoms with Gasteiger partial charge in [-0.15, -0.1) is 0 Å². The molecule has 0 spiro atoms. The Morgan fingerprint density at radius 1 is 1.33 bits per heavy atom. The molecule has 2 rings (SSSR count). The van der Waals surface area contributed by atoms with Crippen LogP contribution in [0.3, 0.4) is 0 Å². The molecule has 1 saturated carbocycles. The molecule has 0 atom stereocenters. The smallest absolute Gasteiger partial charge is 0.323 e. The van der Waals surface area contributed by atoms with E-state index in [1.807, 2.05) is 31.2 Å². The Morgan fingerprint density at radius 2 is 2.05 bits per heavy atom. The zero-order valence-electron chi connectivity index (χ0n) is 12.2. The van der Waals surface area contributed by atoms with Gasteiger partial charge in [-0.25, -0.2) is 0 Å². The van der Waals surface area contributed by atoms with E-state index in [0.29, 0.717) is 19.4 Å². The first-order chi connectivity index (χ1) is 10.1. The van der Waals surface area contributed by atoms with Gasteiger partial charge < -0.3 is 14.7 Å². The van der Waals surface area contributed by atoms with E-state index in [4.69, 9.17) is 9.84 Å². The summed E-state index contributed by atoms with van der Waals surface area (Å²) in [6.45, 7) is 2.30. The van der Waals surface area contributed by atoms with Gasteiger partial charge >= 0.3 is 5.97 Å². The molecule has 0 radical (unpaired) electrons. The van der Waals surface area contributed by atoms with E-state index >= 15 is 0 Å². The molecule has 1 aliphatic rings. The molecule has 0 saturated heterocycles. The zero-order chi connectivity index (χ0) is 15.2. The molecular weight excluding hydrogens is 270 g/mol. The average Bonchev–Trinajstić information content (AvgIpc) is 3.28. The second-order valence-corrected chi connectivity index (χ2v) is 5.19. The van der Waals surface area contributed by atoms with Crippen LogP contribution in [0.5, 0.6) is 5.75 Å². The topological polar surface area (TPSA) is 66.8 Å². The van der Waals surface area contributed by atoms with Gasteiger partial charge in [-0.1, -0.05) is 18.2 Å². The van der Waals surface area contributed by atoms with E-state index in [2.05, 4.69) is 0 Å². The normalized spacial score (nSPS) is 13.8. The van der Waals surface area contributed by atoms with Crippen molar-refractivity contribution in [3.63, 3.8) is 0 Å². The van der Waals surface area contributed by atoms with Crippen LogP contribution in [0.2, 0.25) is 0 Å². The van der Waals surface area contributed by atoms with Crippen molar-refractivity contribution in [2.24, 2.45) is 0 Å². The van der Waals surface area contributed by atoms with Gasteiger partial charge in [-0.2, -0.15) is 0 Å². The number of carbonyl (C=O) groups is 2. The lowest BCUT2D eigenvalue weighted by Gasteiger charge is -2.20. The Morgan fingerprint density at radius 3 is 2.67 bits per heavy atom. The zero-order valence-corrected chi connectivity index (χ0v) is 12.2. The summed E-state index contributed by atoms with van der Waals surface area (Å²) in [4.78, 5) is 24.6. The maximum Gasteiger partial charge on any atom is 0.323 e. The molecule has 1 aliphatic carbocycles. The maximum atomic E-state index is 12.2. The number of aliphatic carboxylic acids is 1. The maximum absolute atomic E-state index is 12.2. The summed E-state index contributed by atoms with van der Waals surface area (Å²) in [5.41, 5.74) is 0.985. The summed E-state index contributed by atoms with van der Waals surface area (Å²) in [5, 5.41) is 8.89. The first-order valence-corrected chi connectivity index (χ1v) is 7.33. The van der Waals surface area contributed by atoms with Crippen molar-refractivity contribution in [1.29, 1.82) is 0 Å². The van der Waals surface area contributed by atoms with Crippen LogP contribution in [-0.2, 0) is 16.0 Å². The Hall–Kier alpha value is -2.04. The number of benzene rings is 1. The van der Waals surface area contributed by atoms with Gasteiger partial charge in [0.25, 0.3) is 0 Å². The number of ether oxygens (including phenoxy) is 1. The fourth-order valence-electron chi connectivity index (χ4n) is 2.34. The predicted molar refractivity (Wildman–Crippen MR) is 78.3 cm³/mol. The molecule has 1 N–H and O–H groups in total. The van der Waals surface area contributed by atoms with Crippen LogP contribution in [0.1, 0.15) is 31.7 Å². The third-order valence-electron chi connectivity index (χ3n) is 3.49. The van der Waals surface area contributed by atoms with Crippen LogP contribution < -0.4 is 4.74 Å². The van der Waals surface area contributed by atoms with E-state index in [1.54, 1.807) is 0 Å². The fraction of sp³-hybridized carbons (Fsp3) is 0.500. The van der Waals surface area contributed by atoms with Gasteiger partial charge in [-0.05, 0) is 37.8 Å². The molecule has 0 aromatic heterocycles. The monoisotopic (exact) mass is 291 g/mol. The highest BCUT2D eigenvalue weighted by Gasteiger charge is 2.33. The molecule has 5 nitrogen and oxygen atoms in total. The van der Waals surface area contributed by atoms with E-state index < -0.39 is 5.97 Å². The number of nitrogens with zero attached hydrogens (tertiary/aromatic N) is 1. The molecule has 5 heteroatoms. The summed E-state index contributed by atoms with van der Waals surface area (Å²) in [5.74, 6) is -0.250. The van der Waals surface area contributed by atoms with Gasteiger partial charge in [0.1, 0.15) is 12.3 Å². The second kappa shape index (κ2) is 7.11. The van der Waals surface area contributed by atoms with Gasteiger partial charge in [-0.3, -0.25) is 9.59 Å². The van der Waals surface area contributed by atoms with Crippen molar-refractivity contribution in [3.8, 4) is 5.75 Å². The highest BCUT2D eigenvalue weighted by atomic mass is 16.5. The highest BCUT2D eigenvalue weighted by Crippen LogP contribution is 2.28. The number of hydrogen-bond donors (Lipinski definition) is 1. The number of para-hydroxylation sites is 1. The molecule has 0 bridgehead atoms. The lowest BCUT2D eigenvalue weighted by Crippen LogP contribution is -2.37. The first kappa shape index (κ1) is 15.4. The second-order valence-electron chi connectivity index (χ2n) is 5.19. The molecule has 0 unspecified atom stereocenters. The third-order valence-corrected chi connectivity index (χ3v) is 3.49. The van der Waals surface area contributed by atoms with Crippen LogP contribution in [0.25, 0.3) is 0 Å². The molecule has 1 aromatic carbocycles. The minimum Gasteiger partial charge on any atom is -0.494 e. The molecular formula is C16H21NO4. The Labute approximate surface area is 124 Å². The lowest BCUT2D eigenvalue weighted by molar-refractivity contribution is -0.144. The summed E-state index contributed by atoms with van der Waals surface area (Å²) in [7, 11) is 0. The minimum absolute atomic E-state index is 0.0915. The summed E-state index contributed by atoms with van der Waals surface area (Å²) < 4.78 is 5.54. The summed E-state index contributed by atoms with van der Waals surface area (Å²) >= 11 is 0. The fourth-order valence-corrected chi connectivity index (χ4v) is 2.34. The average molecular weight is 291 g/mol. The highest BCUT2D eigenvalue weighted by molar-refractivity contribution is 5.82. The van der Waals surface area contributed by atoms with Crippen LogP contribution in [-0.4, -0.2) is 41.1 Å². The van der Waals surface area contributed by atoms with Crippen LogP contribution in [0, 0.1) is 0 Å². The Kier molecular flexibility index (Phi) is 5.20. The van der Waals surface area contributed by atoms with Crippen LogP contribution in [0.15, 0.2) is 24.3 Å². The van der Waals surface area contributed by atoms with Crippen molar-refractivity contribution in [3.05, 3.63) is 29.8 Å². The van der Waals surface area contributed by atoms with E-state index in [1.165, 1.54) is 4.90 Å². The van der Waals surface area contributed by atoms with Crippen molar-refractivity contribution >= 4 is 11.9 Å². The number of carboxylic acids is 1. The number of rotatable bonds is 8. The lowest BCUT2D eigenvalue weighted by atomic mass is 10.1. The summed E-state index contributed by atoms with van der Waals surface area (Å²) in [6.07, 6.45) is 2.70. The van der Waals surface area contributed by atoms with Crippen molar-refractivity contribution < 1.29 is 19.4 Å². The Balaban J connectivity index is 1.95. The molecule has 0 aliphatic heterocycles. The number of hydrogen-bond acceptors (Lipinski definition) is 3. The molecule has 1 fully saturated rings. The molecule has 1 aromatic rings. The van der Waals surface area contributed by atoms with Crippen molar-refractivity contribution in [2.75, 3.05) is 13.2 Å². The van der Waals surface area contributed by atoms with Crippen molar-refractivity contribution in [1.82, 2.24) is 4.90 Å². The molecule has 1 amide bonds. The van der Waals surface area contributed by atoms with Gasteiger partial charge in [0.05, 0.1) is 6.61 Å². The van der Waals surface area contributed by atoms with E-state index in [9.17, 15) is 9.59 Å². The number of amides is 1. The minimum atomic E-state index is -0.954. The van der Waals surface area contributed by atoms with Gasteiger partial charge in [0.2, 0.25) is 5.91 Å². The molecule has 114 valence electrons. The largest absolute Gasteiger partial charge is 0.494 e. The van der Waals surface area contributed by atoms with Gasteiger partial charge in [0, 0.05) is 12.5 Å².